The van der Waals surface area contributed by atoms with Crippen molar-refractivity contribution in [1.82, 2.24) is 0 Å². The molecule has 0 unspecified atom stereocenters. The third-order valence-corrected chi connectivity index (χ3v) is 5.79. The van der Waals surface area contributed by atoms with Crippen molar-refractivity contribution < 1.29 is 19.1 Å². The lowest BCUT2D eigenvalue weighted by atomic mass is 9.66. The molecule has 0 aromatic heterocycles. The zero-order valence-corrected chi connectivity index (χ0v) is 12.0. The molecule has 0 saturated heterocycles. The first kappa shape index (κ1) is 13.8. The van der Waals surface area contributed by atoms with Crippen molar-refractivity contribution in [3.63, 3.8) is 0 Å². The number of methoxy groups -OCH3 is 1. The maximum absolute atomic E-state index is 12.9. The molecule has 3 aliphatic carbocycles. The van der Waals surface area contributed by atoms with Gasteiger partial charge in [0.25, 0.3) is 0 Å². The van der Waals surface area contributed by atoms with Crippen molar-refractivity contribution in [3.8, 4) is 0 Å². The van der Waals surface area contributed by atoms with E-state index in [2.05, 4.69) is 0 Å². The van der Waals surface area contributed by atoms with Gasteiger partial charge < -0.3 is 4.74 Å². The quantitative estimate of drug-likeness (QED) is 0.545. The van der Waals surface area contributed by atoms with E-state index in [1.807, 2.05) is 0 Å². The Morgan fingerprint density at radius 1 is 1.15 bits per heavy atom. The largest absolute Gasteiger partial charge is 0.468 e. The van der Waals surface area contributed by atoms with Crippen LogP contribution in [0.3, 0.4) is 0 Å². The number of ether oxygens (including phenoxy) is 1. The lowest BCUT2D eigenvalue weighted by Gasteiger charge is -2.34. The molecular weight excluding hydrogens is 256 g/mol. The van der Waals surface area contributed by atoms with Gasteiger partial charge in [0.15, 0.2) is 5.78 Å². The van der Waals surface area contributed by atoms with E-state index < -0.39 is 17.3 Å². The molecule has 0 aromatic rings. The minimum atomic E-state index is -0.632. The summed E-state index contributed by atoms with van der Waals surface area (Å²) < 4.78 is 4.76. The number of esters is 1. The fraction of sp³-hybridized carbons (Fsp3) is 0.812. The van der Waals surface area contributed by atoms with Gasteiger partial charge in [0, 0.05) is 17.8 Å². The van der Waals surface area contributed by atoms with E-state index in [0.717, 1.165) is 32.1 Å². The van der Waals surface area contributed by atoms with E-state index in [4.69, 9.17) is 4.74 Å². The summed E-state index contributed by atoms with van der Waals surface area (Å²) in [5.74, 6) is -0.546. The number of hydrogen-bond acceptors (Lipinski definition) is 4. The molecular formula is C16H22O4. The first-order valence-electron chi connectivity index (χ1n) is 7.75. The normalized spacial score (nSPS) is 40.8. The Labute approximate surface area is 119 Å². The second-order valence-corrected chi connectivity index (χ2v) is 6.62. The van der Waals surface area contributed by atoms with Crippen LogP contribution >= 0.6 is 0 Å². The van der Waals surface area contributed by atoms with Crippen LogP contribution in [-0.2, 0) is 19.1 Å². The molecule has 1 spiro atoms. The van der Waals surface area contributed by atoms with Crippen LogP contribution in [0.2, 0.25) is 0 Å². The fourth-order valence-electron chi connectivity index (χ4n) is 4.91. The highest BCUT2D eigenvalue weighted by Crippen LogP contribution is 2.56. The van der Waals surface area contributed by atoms with Gasteiger partial charge in [-0.1, -0.05) is 12.8 Å². The second kappa shape index (κ2) is 4.97. The Morgan fingerprint density at radius 3 is 2.70 bits per heavy atom. The number of hydrogen-bond donors (Lipinski definition) is 0. The zero-order chi connectivity index (χ0) is 14.3. The highest BCUT2D eigenvalue weighted by atomic mass is 16.5. The molecule has 4 heteroatoms. The van der Waals surface area contributed by atoms with Crippen molar-refractivity contribution in [2.24, 2.45) is 23.2 Å². The molecule has 3 fully saturated rings. The van der Waals surface area contributed by atoms with Gasteiger partial charge in [-0.3, -0.25) is 14.4 Å². The Balaban J connectivity index is 1.95. The summed E-state index contributed by atoms with van der Waals surface area (Å²) >= 11 is 0. The van der Waals surface area contributed by atoms with E-state index in [1.54, 1.807) is 0 Å². The summed E-state index contributed by atoms with van der Waals surface area (Å²) in [6.07, 6.45) is 6.75. The molecule has 0 aromatic carbocycles. The second-order valence-electron chi connectivity index (χ2n) is 6.62. The molecule has 0 bridgehead atoms. The van der Waals surface area contributed by atoms with E-state index in [0.29, 0.717) is 25.2 Å². The Kier molecular flexibility index (Phi) is 3.43. The summed E-state index contributed by atoms with van der Waals surface area (Å²) in [5.41, 5.74) is -0.548. The van der Waals surface area contributed by atoms with Crippen molar-refractivity contribution in [2.45, 2.75) is 51.4 Å². The van der Waals surface area contributed by atoms with E-state index in [9.17, 15) is 14.4 Å². The number of Topliss-reactive ketones (excluding diaryl/α,β-unsaturated/α-hetero) is 2. The molecule has 0 aliphatic heterocycles. The molecule has 4 atom stereocenters. The highest BCUT2D eigenvalue weighted by Gasteiger charge is 2.59. The van der Waals surface area contributed by atoms with Gasteiger partial charge in [0.2, 0.25) is 0 Å². The van der Waals surface area contributed by atoms with E-state index >= 15 is 0 Å². The summed E-state index contributed by atoms with van der Waals surface area (Å²) in [7, 11) is 1.33. The topological polar surface area (TPSA) is 60.4 Å². The molecule has 0 heterocycles. The van der Waals surface area contributed by atoms with Crippen molar-refractivity contribution in [2.75, 3.05) is 7.11 Å². The standard InChI is InChI=1S/C16H22O4/c1-20-15(19)11-7-9-16(14(11)18)8-3-2-4-10-5-6-12(17)13(10)16/h10-11,13H,2-9H2,1H3/t10-,11-,13+,16+/m0/s1. The fourth-order valence-corrected chi connectivity index (χ4v) is 4.91. The SMILES string of the molecule is COC(=O)[C@H]1CC[C@@]2(CCCC[C@H]3CCC(=O)[C@@H]32)C1=O. The lowest BCUT2D eigenvalue weighted by Crippen LogP contribution is -2.42. The molecule has 20 heavy (non-hydrogen) atoms. The third kappa shape index (κ3) is 1.84. The maximum atomic E-state index is 12.9. The van der Waals surface area contributed by atoms with Crippen LogP contribution in [0, 0.1) is 23.2 Å². The van der Waals surface area contributed by atoms with Crippen LogP contribution in [-0.4, -0.2) is 24.6 Å². The molecule has 3 aliphatic rings. The van der Waals surface area contributed by atoms with Gasteiger partial charge in [-0.05, 0) is 38.0 Å². The first-order chi connectivity index (χ1) is 9.60. The smallest absolute Gasteiger partial charge is 0.316 e. The number of ketones is 2. The van der Waals surface area contributed by atoms with Crippen LogP contribution in [0.4, 0.5) is 0 Å². The van der Waals surface area contributed by atoms with Crippen molar-refractivity contribution >= 4 is 17.5 Å². The van der Waals surface area contributed by atoms with Gasteiger partial charge >= 0.3 is 5.97 Å². The van der Waals surface area contributed by atoms with Crippen molar-refractivity contribution in [3.05, 3.63) is 0 Å². The van der Waals surface area contributed by atoms with Crippen molar-refractivity contribution in [1.29, 1.82) is 0 Å². The summed E-state index contributed by atoms with van der Waals surface area (Å²) in [5, 5.41) is 0. The van der Waals surface area contributed by atoms with Gasteiger partial charge in [-0.15, -0.1) is 0 Å². The molecule has 3 rings (SSSR count). The Bertz CT molecular complexity index is 455. The van der Waals surface area contributed by atoms with Gasteiger partial charge in [0.1, 0.15) is 11.7 Å². The average molecular weight is 278 g/mol. The van der Waals surface area contributed by atoms with E-state index in [-0.39, 0.29) is 17.5 Å². The molecule has 0 amide bonds. The minimum absolute atomic E-state index is 0.00324. The summed E-state index contributed by atoms with van der Waals surface area (Å²) in [6, 6.07) is 0. The first-order valence-corrected chi connectivity index (χ1v) is 7.75. The summed E-state index contributed by atoms with van der Waals surface area (Å²) in [6.45, 7) is 0. The predicted molar refractivity (Wildman–Crippen MR) is 71.9 cm³/mol. The van der Waals surface area contributed by atoms with Crippen LogP contribution < -0.4 is 0 Å². The van der Waals surface area contributed by atoms with Crippen LogP contribution in [0.15, 0.2) is 0 Å². The minimum Gasteiger partial charge on any atom is -0.468 e. The van der Waals surface area contributed by atoms with E-state index in [1.165, 1.54) is 7.11 Å². The Morgan fingerprint density at radius 2 is 1.95 bits per heavy atom. The van der Waals surface area contributed by atoms with Crippen LogP contribution in [0.1, 0.15) is 51.4 Å². The molecule has 4 nitrogen and oxygen atoms in total. The zero-order valence-electron chi connectivity index (χ0n) is 12.0. The number of carbonyl (C=O) groups excluding carboxylic acids is 3. The monoisotopic (exact) mass is 278 g/mol. The number of carbonyl (C=O) groups is 3. The maximum Gasteiger partial charge on any atom is 0.316 e. The predicted octanol–water partition coefficient (Wildman–Crippen LogP) is 2.29. The van der Waals surface area contributed by atoms with Crippen LogP contribution in [0.5, 0.6) is 0 Å². The number of fused-ring (bicyclic) bond motifs is 2. The lowest BCUT2D eigenvalue weighted by molar-refractivity contribution is -0.152. The average Bonchev–Trinajstić information content (AvgIpc) is 2.89. The molecule has 0 radical (unpaired) electrons. The molecule has 110 valence electrons. The Hall–Kier alpha value is -1.19. The molecule has 3 saturated carbocycles. The van der Waals surface area contributed by atoms with Gasteiger partial charge in [-0.2, -0.15) is 0 Å². The van der Waals surface area contributed by atoms with Gasteiger partial charge in [-0.25, -0.2) is 0 Å². The highest BCUT2D eigenvalue weighted by molar-refractivity contribution is 6.06. The summed E-state index contributed by atoms with van der Waals surface area (Å²) in [4.78, 5) is 37.0. The third-order valence-electron chi connectivity index (χ3n) is 5.79. The molecule has 0 N–H and O–H groups in total. The van der Waals surface area contributed by atoms with Gasteiger partial charge in [0.05, 0.1) is 7.11 Å². The van der Waals surface area contributed by atoms with Crippen LogP contribution in [0.25, 0.3) is 0 Å². The number of rotatable bonds is 1.